The first-order valence-corrected chi connectivity index (χ1v) is 21.3. The van der Waals surface area contributed by atoms with Gasteiger partial charge in [-0.3, -0.25) is 24.0 Å². The van der Waals surface area contributed by atoms with Crippen molar-refractivity contribution < 1.29 is 38.7 Å². The van der Waals surface area contributed by atoms with Crippen molar-refractivity contribution in [1.29, 1.82) is 0 Å². The lowest BCUT2D eigenvalue weighted by Crippen LogP contribution is -2.61. The Hall–Kier alpha value is -5.93. The molecule has 3 aromatic rings. The highest BCUT2D eigenvalue weighted by atomic mass is 16.4. The van der Waals surface area contributed by atoms with E-state index in [1.54, 1.807) is 33.9 Å². The summed E-state index contributed by atoms with van der Waals surface area (Å²) in [6, 6.07) is 9.21. The second-order valence-corrected chi connectivity index (χ2v) is 16.9. The second kappa shape index (κ2) is 22.6. The molecule has 4 rings (SSSR count). The van der Waals surface area contributed by atoms with Gasteiger partial charge in [-0.15, -0.1) is 0 Å². The number of aromatic nitrogens is 1. The van der Waals surface area contributed by atoms with Crippen LogP contribution in [0.2, 0.25) is 0 Å². The van der Waals surface area contributed by atoms with Crippen LogP contribution in [0.4, 0.5) is 4.79 Å². The molecule has 7 atom stereocenters. The average Bonchev–Trinajstić information content (AvgIpc) is 3.63. The van der Waals surface area contributed by atoms with Crippen LogP contribution in [0, 0.1) is 17.8 Å². The van der Waals surface area contributed by atoms with E-state index in [1.807, 2.05) is 68.4 Å². The summed E-state index contributed by atoms with van der Waals surface area (Å²) in [5.74, 6) is -5.00. The molecule has 7 amide bonds. The third-order valence-electron chi connectivity index (χ3n) is 11.3. The summed E-state index contributed by atoms with van der Waals surface area (Å²) < 4.78 is 0. The number of carbonyl (C=O) groups excluding carboxylic acids is 6. The molecule has 16 nitrogen and oxygen atoms in total. The maximum Gasteiger partial charge on any atom is 0.326 e. The number of hydrogen-bond donors (Lipinski definition) is 8. The van der Waals surface area contributed by atoms with Gasteiger partial charge >= 0.3 is 12.0 Å². The summed E-state index contributed by atoms with van der Waals surface area (Å²) in [6.45, 7) is 10.9. The van der Waals surface area contributed by atoms with Crippen molar-refractivity contribution >= 4 is 52.4 Å². The molecule has 0 bridgehead atoms. The molecule has 1 aromatic heterocycles. The van der Waals surface area contributed by atoms with Gasteiger partial charge in [-0.25, -0.2) is 9.59 Å². The molecule has 8 N–H and O–H groups in total. The Morgan fingerprint density at radius 2 is 1.49 bits per heavy atom. The minimum atomic E-state index is -1.22. The molecule has 16 heteroatoms. The van der Waals surface area contributed by atoms with Crippen molar-refractivity contribution in [3.8, 4) is 0 Å². The van der Waals surface area contributed by atoms with E-state index in [-0.39, 0.29) is 38.1 Å². The SMILES string of the molecule is CCC(C)[C@H](NC(=O)N[C@H]1CCCCNC(=O)[C@H](Cc2ccccc2)NC(=O)[C@H](Cc2c[nH]c3ccccc23)N(C)C(=O)[C@H](CC(C)C)NC(=O)[C@H](C(C)C)NC1=O)C(=O)O. The standard InChI is InChI=1S/C45H64N8O8/c1-8-28(6)38(44(59)60)52-45(61)50-33-20-14-15-21-46-39(54)34(23-29-16-10-9-11-17-29)48-41(56)36(24-30-25-47-32-19-13-12-18-31(30)32)53(7)43(58)35(22-26(2)3)49-42(57)37(27(4)5)51-40(33)55/h9-13,16-19,25-28,33-38,47H,8,14-15,20-24H2,1-7H3,(H,46,54)(H,48,56)(H,49,57)(H,51,55)(H,59,60)(H2,50,52,61)/t28?,33-,34-,35-,36-,37-,38-/m0/s1. The number of amides is 7. The van der Waals surface area contributed by atoms with Crippen LogP contribution >= 0.6 is 0 Å². The van der Waals surface area contributed by atoms with E-state index in [4.69, 9.17) is 0 Å². The van der Waals surface area contributed by atoms with Gasteiger partial charge in [0.05, 0.1) is 0 Å². The fourth-order valence-electron chi connectivity index (χ4n) is 7.49. The maximum absolute atomic E-state index is 14.6. The number of para-hydroxylation sites is 1. The average molecular weight is 845 g/mol. The highest BCUT2D eigenvalue weighted by Crippen LogP contribution is 2.22. The van der Waals surface area contributed by atoms with Crippen LogP contribution in [0.5, 0.6) is 0 Å². The van der Waals surface area contributed by atoms with Crippen LogP contribution in [0.15, 0.2) is 60.8 Å². The summed E-state index contributed by atoms with van der Waals surface area (Å²) in [4.78, 5) is 101. The van der Waals surface area contributed by atoms with Gasteiger partial charge < -0.3 is 46.9 Å². The summed E-state index contributed by atoms with van der Waals surface area (Å²) in [5.41, 5.74) is 2.43. The van der Waals surface area contributed by atoms with Gasteiger partial charge in [0.1, 0.15) is 36.3 Å². The first-order valence-electron chi connectivity index (χ1n) is 21.3. The van der Waals surface area contributed by atoms with E-state index in [1.165, 1.54) is 11.9 Å². The summed E-state index contributed by atoms with van der Waals surface area (Å²) in [6.07, 6.45) is 3.54. The van der Waals surface area contributed by atoms with E-state index in [9.17, 15) is 38.7 Å². The van der Waals surface area contributed by atoms with Gasteiger partial charge in [-0.2, -0.15) is 0 Å². The number of benzene rings is 2. The van der Waals surface area contributed by atoms with Crippen molar-refractivity contribution in [3.05, 3.63) is 71.9 Å². The number of carboxylic acids is 1. The minimum absolute atomic E-state index is 0.0756. The number of carboxylic acid groups (broad SMARTS) is 1. The Kier molecular flexibility index (Phi) is 17.7. The molecule has 332 valence electrons. The normalized spacial score (nSPS) is 22.5. The van der Waals surface area contributed by atoms with Crippen molar-refractivity contribution in [1.82, 2.24) is 41.8 Å². The second-order valence-electron chi connectivity index (χ2n) is 16.9. The molecule has 1 saturated heterocycles. The molecule has 0 aliphatic carbocycles. The van der Waals surface area contributed by atoms with Crippen LogP contribution in [0.1, 0.15) is 84.8 Å². The molecule has 1 aliphatic rings. The third kappa shape index (κ3) is 13.5. The van der Waals surface area contributed by atoms with Gasteiger partial charge in [0, 0.05) is 43.5 Å². The van der Waals surface area contributed by atoms with E-state index in [0.29, 0.717) is 19.3 Å². The zero-order valence-electron chi connectivity index (χ0n) is 36.4. The number of hydrogen-bond acceptors (Lipinski definition) is 7. The molecular formula is C45H64N8O8. The fraction of sp³-hybridized carbons (Fsp3) is 0.533. The molecule has 2 aromatic carbocycles. The predicted molar refractivity (Wildman–Crippen MR) is 232 cm³/mol. The van der Waals surface area contributed by atoms with Crippen molar-refractivity contribution in [2.45, 2.75) is 123 Å². The first-order chi connectivity index (χ1) is 29.0. The van der Waals surface area contributed by atoms with Crippen LogP contribution in [-0.4, -0.2) is 106 Å². The molecule has 0 spiro atoms. The Labute approximate surface area is 358 Å². The number of H-pyrrole nitrogens is 1. The van der Waals surface area contributed by atoms with Gasteiger partial charge in [0.2, 0.25) is 29.5 Å². The quantitative estimate of drug-likeness (QED) is 0.134. The highest BCUT2D eigenvalue weighted by Gasteiger charge is 2.37. The van der Waals surface area contributed by atoms with Crippen molar-refractivity contribution in [2.24, 2.45) is 17.8 Å². The lowest BCUT2D eigenvalue weighted by atomic mass is 9.97. The van der Waals surface area contributed by atoms with Crippen LogP contribution < -0.4 is 31.9 Å². The summed E-state index contributed by atoms with van der Waals surface area (Å²) >= 11 is 0. The van der Waals surface area contributed by atoms with E-state index < -0.39 is 89.6 Å². The number of nitrogens with one attached hydrogen (secondary N) is 7. The number of urea groups is 1. The van der Waals surface area contributed by atoms with E-state index in [0.717, 1.165) is 22.0 Å². The zero-order valence-corrected chi connectivity index (χ0v) is 36.4. The predicted octanol–water partition coefficient (Wildman–Crippen LogP) is 3.40. The zero-order chi connectivity index (χ0) is 44.8. The Bertz CT molecular complexity index is 1980. The smallest absolute Gasteiger partial charge is 0.326 e. The fourth-order valence-corrected chi connectivity index (χ4v) is 7.49. The van der Waals surface area contributed by atoms with Crippen molar-refractivity contribution in [2.75, 3.05) is 13.6 Å². The number of rotatable bonds is 12. The molecule has 1 fully saturated rings. The van der Waals surface area contributed by atoms with Crippen molar-refractivity contribution in [3.63, 3.8) is 0 Å². The Morgan fingerprint density at radius 1 is 0.820 bits per heavy atom. The van der Waals surface area contributed by atoms with E-state index in [2.05, 4.69) is 36.9 Å². The molecule has 0 saturated carbocycles. The van der Waals surface area contributed by atoms with Crippen LogP contribution in [0.3, 0.4) is 0 Å². The largest absolute Gasteiger partial charge is 0.480 e. The molecule has 0 radical (unpaired) electrons. The molecule has 1 aliphatic heterocycles. The molecular weight excluding hydrogens is 781 g/mol. The molecule has 61 heavy (non-hydrogen) atoms. The lowest BCUT2D eigenvalue weighted by molar-refractivity contribution is -0.143. The number of likely N-dealkylation sites (N-methyl/N-ethyl adjacent to an activating group) is 1. The minimum Gasteiger partial charge on any atom is -0.480 e. The van der Waals surface area contributed by atoms with Gasteiger partial charge in [0.25, 0.3) is 0 Å². The number of aliphatic carboxylic acids is 1. The van der Waals surface area contributed by atoms with Gasteiger partial charge in [-0.05, 0) is 60.6 Å². The van der Waals surface area contributed by atoms with Gasteiger partial charge in [-0.1, -0.05) is 96.5 Å². The number of aromatic amines is 1. The highest BCUT2D eigenvalue weighted by molar-refractivity contribution is 5.97. The Balaban J connectivity index is 1.73. The molecule has 1 unspecified atom stereocenters. The number of fused-ring (bicyclic) bond motifs is 1. The Morgan fingerprint density at radius 3 is 2.15 bits per heavy atom. The maximum atomic E-state index is 14.6. The molecule has 2 heterocycles. The monoisotopic (exact) mass is 844 g/mol. The number of nitrogens with zero attached hydrogens (tertiary/aromatic N) is 1. The van der Waals surface area contributed by atoms with Crippen LogP contribution in [0.25, 0.3) is 10.9 Å². The summed E-state index contributed by atoms with van der Waals surface area (Å²) in [5, 5.41) is 27.2. The first kappa shape index (κ1) is 47.7. The summed E-state index contributed by atoms with van der Waals surface area (Å²) in [7, 11) is 1.51. The third-order valence-corrected chi connectivity index (χ3v) is 11.3. The topological polar surface area (TPSA) is 231 Å². The number of carbonyl (C=O) groups is 7. The lowest BCUT2D eigenvalue weighted by Gasteiger charge is -2.33. The van der Waals surface area contributed by atoms with E-state index >= 15 is 0 Å². The van der Waals surface area contributed by atoms with Crippen LogP contribution in [-0.2, 0) is 41.6 Å². The van der Waals surface area contributed by atoms with Gasteiger partial charge in [0.15, 0.2) is 0 Å².